The van der Waals surface area contributed by atoms with Gasteiger partial charge in [-0.2, -0.15) is 0 Å². The van der Waals surface area contributed by atoms with Gasteiger partial charge >= 0.3 is 5.97 Å². The molecule has 0 aromatic heterocycles. The van der Waals surface area contributed by atoms with Gasteiger partial charge in [-0.25, -0.2) is 4.79 Å². The third-order valence-electron chi connectivity index (χ3n) is 4.55. The number of allylic oxidation sites excluding steroid dienone is 1. The number of ether oxygens (including phenoxy) is 2. The molecule has 0 unspecified atom stereocenters. The fourth-order valence-corrected chi connectivity index (χ4v) is 3.55. The van der Waals surface area contributed by atoms with Crippen molar-refractivity contribution in [3.05, 3.63) is 53.2 Å². The van der Waals surface area contributed by atoms with Gasteiger partial charge in [0.2, 0.25) is 0 Å². The van der Waals surface area contributed by atoms with Crippen molar-refractivity contribution in [3.8, 4) is 5.75 Å². The van der Waals surface area contributed by atoms with Gasteiger partial charge in [-0.15, -0.1) is 0 Å². The van der Waals surface area contributed by atoms with E-state index in [1.165, 1.54) is 0 Å². The molecule has 1 heterocycles. The molecule has 27 heavy (non-hydrogen) atoms. The summed E-state index contributed by atoms with van der Waals surface area (Å²) in [5, 5.41) is 9.04. The lowest BCUT2D eigenvalue weighted by Gasteiger charge is -2.31. The molecule has 142 valence electrons. The van der Waals surface area contributed by atoms with Crippen LogP contribution < -0.4 is 15.4 Å². The van der Waals surface area contributed by atoms with Gasteiger partial charge in [0.05, 0.1) is 25.3 Å². The summed E-state index contributed by atoms with van der Waals surface area (Å²) in [4.78, 5) is 12.7. The summed E-state index contributed by atoms with van der Waals surface area (Å²) >= 11 is 5.38. The Bertz CT molecular complexity index is 907. The first kappa shape index (κ1) is 19.2. The monoisotopic (exact) mass is 384 g/mol. The van der Waals surface area contributed by atoms with Crippen LogP contribution in [0.1, 0.15) is 38.3 Å². The number of esters is 1. The number of hydrogen-bond donors (Lipinski definition) is 2. The third-order valence-corrected chi connectivity index (χ3v) is 4.77. The number of fused-ring (bicyclic) bond motifs is 1. The third kappa shape index (κ3) is 4.06. The second-order valence-electron chi connectivity index (χ2n) is 6.37. The number of carbonyl (C=O) groups excluding carboxylic acids is 1. The Kier molecular flexibility index (Phi) is 5.96. The number of hydrogen-bond acceptors (Lipinski definition) is 4. The molecule has 1 atom stereocenters. The summed E-state index contributed by atoms with van der Waals surface area (Å²) in [6.07, 6.45) is 1.63. The van der Waals surface area contributed by atoms with E-state index >= 15 is 0 Å². The van der Waals surface area contributed by atoms with Crippen LogP contribution in [0.3, 0.4) is 0 Å². The number of nitrogens with one attached hydrogen (secondary N) is 2. The van der Waals surface area contributed by atoms with Crippen molar-refractivity contribution in [1.29, 1.82) is 0 Å². The first-order chi connectivity index (χ1) is 13.1. The van der Waals surface area contributed by atoms with Crippen LogP contribution in [0.4, 0.5) is 0 Å². The molecule has 6 heteroatoms. The molecule has 2 aromatic rings. The molecule has 2 aromatic carbocycles. The lowest BCUT2D eigenvalue weighted by molar-refractivity contribution is -0.139. The topological polar surface area (TPSA) is 59.6 Å². The largest absolute Gasteiger partial charge is 0.497 e. The summed E-state index contributed by atoms with van der Waals surface area (Å²) in [7, 11) is 1.65. The number of thiocarbonyl (C=S) groups is 1. The van der Waals surface area contributed by atoms with Crippen LogP contribution in [-0.2, 0) is 9.53 Å². The number of benzene rings is 2. The van der Waals surface area contributed by atoms with Crippen LogP contribution in [-0.4, -0.2) is 24.8 Å². The average Bonchev–Trinajstić information content (AvgIpc) is 2.67. The maximum Gasteiger partial charge on any atom is 0.338 e. The molecule has 5 nitrogen and oxygen atoms in total. The number of methoxy groups -OCH3 is 1. The highest BCUT2D eigenvalue weighted by Gasteiger charge is 2.32. The van der Waals surface area contributed by atoms with Gasteiger partial charge in [-0.05, 0) is 60.1 Å². The van der Waals surface area contributed by atoms with Gasteiger partial charge in [-0.1, -0.05) is 31.5 Å². The Hall–Kier alpha value is -2.60. The normalized spacial score (nSPS) is 16.7. The first-order valence-corrected chi connectivity index (χ1v) is 9.53. The van der Waals surface area contributed by atoms with Crippen molar-refractivity contribution in [3.63, 3.8) is 0 Å². The van der Waals surface area contributed by atoms with E-state index in [1.807, 2.05) is 37.3 Å². The van der Waals surface area contributed by atoms with Crippen LogP contribution in [0.5, 0.6) is 5.75 Å². The molecule has 1 aliphatic heterocycles. The highest BCUT2D eigenvalue weighted by Crippen LogP contribution is 2.32. The fourth-order valence-electron chi connectivity index (χ4n) is 3.31. The van der Waals surface area contributed by atoms with Crippen LogP contribution in [0, 0.1) is 0 Å². The average molecular weight is 385 g/mol. The van der Waals surface area contributed by atoms with Crippen LogP contribution in [0.25, 0.3) is 10.8 Å². The van der Waals surface area contributed by atoms with Crippen molar-refractivity contribution < 1.29 is 14.3 Å². The number of carbonyl (C=O) groups is 1. The molecule has 0 aliphatic carbocycles. The van der Waals surface area contributed by atoms with E-state index in [0.29, 0.717) is 17.3 Å². The zero-order chi connectivity index (χ0) is 19.4. The Balaban J connectivity index is 2.08. The fraction of sp³-hybridized carbons (Fsp3) is 0.333. The zero-order valence-electron chi connectivity index (χ0n) is 15.8. The van der Waals surface area contributed by atoms with Crippen molar-refractivity contribution in [2.24, 2.45) is 0 Å². The van der Waals surface area contributed by atoms with E-state index in [2.05, 4.69) is 23.6 Å². The van der Waals surface area contributed by atoms with Gasteiger partial charge in [0.15, 0.2) is 5.11 Å². The molecule has 0 saturated carbocycles. The molecule has 0 bridgehead atoms. The van der Waals surface area contributed by atoms with Crippen molar-refractivity contribution >= 4 is 34.1 Å². The van der Waals surface area contributed by atoms with E-state index in [-0.39, 0.29) is 12.0 Å². The van der Waals surface area contributed by atoms with Gasteiger partial charge < -0.3 is 20.1 Å². The molecule has 0 radical (unpaired) electrons. The lowest BCUT2D eigenvalue weighted by atomic mass is 9.92. The van der Waals surface area contributed by atoms with E-state index < -0.39 is 0 Å². The minimum absolute atomic E-state index is 0.316. The van der Waals surface area contributed by atoms with Gasteiger partial charge in [0, 0.05) is 5.70 Å². The SMILES string of the molecule is CCCC1=C(C(=O)OCC)[C@@H](c2ccc3cc(OC)ccc3c2)NC(=S)N1. The Morgan fingerprint density at radius 1 is 1.15 bits per heavy atom. The maximum atomic E-state index is 12.7. The number of rotatable bonds is 6. The second kappa shape index (κ2) is 8.39. The van der Waals surface area contributed by atoms with Gasteiger partial charge in [-0.3, -0.25) is 0 Å². The lowest BCUT2D eigenvalue weighted by Crippen LogP contribution is -2.45. The van der Waals surface area contributed by atoms with Crippen LogP contribution in [0.2, 0.25) is 0 Å². The smallest absolute Gasteiger partial charge is 0.338 e. The van der Waals surface area contributed by atoms with Gasteiger partial charge in [0.25, 0.3) is 0 Å². The highest BCUT2D eigenvalue weighted by atomic mass is 32.1. The van der Waals surface area contributed by atoms with E-state index in [1.54, 1.807) is 7.11 Å². The molecule has 0 fully saturated rings. The molecule has 0 spiro atoms. The molecular weight excluding hydrogens is 360 g/mol. The highest BCUT2D eigenvalue weighted by molar-refractivity contribution is 7.80. The summed E-state index contributed by atoms with van der Waals surface area (Å²) in [6.45, 7) is 4.21. The first-order valence-electron chi connectivity index (χ1n) is 9.12. The summed E-state index contributed by atoms with van der Waals surface area (Å²) in [5.41, 5.74) is 2.40. The molecule has 0 saturated heterocycles. The molecule has 2 N–H and O–H groups in total. The van der Waals surface area contributed by atoms with Crippen molar-refractivity contribution in [1.82, 2.24) is 10.6 Å². The van der Waals surface area contributed by atoms with Gasteiger partial charge in [0.1, 0.15) is 5.75 Å². The summed E-state index contributed by atoms with van der Waals surface area (Å²) < 4.78 is 10.6. The molecule has 1 aliphatic rings. The molecule has 0 amide bonds. The van der Waals surface area contributed by atoms with Crippen molar-refractivity contribution in [2.75, 3.05) is 13.7 Å². The van der Waals surface area contributed by atoms with Crippen LogP contribution >= 0.6 is 12.2 Å². The van der Waals surface area contributed by atoms with Crippen molar-refractivity contribution in [2.45, 2.75) is 32.7 Å². The maximum absolute atomic E-state index is 12.7. The molecular formula is C21H24N2O3S. The summed E-state index contributed by atoms with van der Waals surface area (Å²) in [5.74, 6) is 0.497. The Labute approximate surface area is 164 Å². The van der Waals surface area contributed by atoms with E-state index in [0.717, 1.165) is 40.6 Å². The predicted molar refractivity (Wildman–Crippen MR) is 111 cm³/mol. The van der Waals surface area contributed by atoms with E-state index in [4.69, 9.17) is 21.7 Å². The zero-order valence-corrected chi connectivity index (χ0v) is 16.6. The summed E-state index contributed by atoms with van der Waals surface area (Å²) in [6, 6.07) is 11.7. The predicted octanol–water partition coefficient (Wildman–Crippen LogP) is 3.98. The Morgan fingerprint density at radius 2 is 1.89 bits per heavy atom. The standard InChI is InChI=1S/C21H24N2O3S/c1-4-6-17-18(20(24)26-5-2)19(23-21(27)22-17)15-8-7-14-12-16(25-3)10-9-13(14)11-15/h7-12,19H,4-6H2,1-3H3,(H2,22,23,27)/t19-/m1/s1. The Morgan fingerprint density at radius 3 is 2.59 bits per heavy atom. The van der Waals surface area contributed by atoms with Crippen LogP contribution in [0.15, 0.2) is 47.7 Å². The second-order valence-corrected chi connectivity index (χ2v) is 6.77. The molecule has 3 rings (SSSR count). The van der Waals surface area contributed by atoms with E-state index in [9.17, 15) is 4.79 Å². The minimum atomic E-state index is -0.342. The minimum Gasteiger partial charge on any atom is -0.497 e. The quantitative estimate of drug-likeness (QED) is 0.580.